The Labute approximate surface area is 130 Å². The number of fused-ring (bicyclic) bond motifs is 1. The molecule has 0 saturated heterocycles. The molecule has 0 amide bonds. The summed E-state index contributed by atoms with van der Waals surface area (Å²) in [5.41, 5.74) is 3.93. The van der Waals surface area contributed by atoms with Crippen LogP contribution >= 0.6 is 11.3 Å². The second kappa shape index (κ2) is 4.96. The summed E-state index contributed by atoms with van der Waals surface area (Å²) in [7, 11) is 3.56. The first-order valence-corrected chi connectivity index (χ1v) is 7.58. The number of hydrogen-bond acceptors (Lipinski definition) is 5. The van der Waals surface area contributed by atoms with Gasteiger partial charge < -0.3 is 4.74 Å². The van der Waals surface area contributed by atoms with Gasteiger partial charge in [0.1, 0.15) is 16.3 Å². The summed E-state index contributed by atoms with van der Waals surface area (Å²) in [6, 6.07) is 2.01. The van der Waals surface area contributed by atoms with Gasteiger partial charge in [0.2, 0.25) is 0 Å². The second-order valence-electron chi connectivity index (χ2n) is 4.89. The number of methoxy groups -OCH3 is 1. The maximum atomic E-state index is 5.58. The number of aryl methyl sites for hydroxylation is 1. The molecule has 0 aliphatic carbocycles. The first kappa shape index (κ1) is 13.0. The lowest BCUT2D eigenvalue weighted by Crippen LogP contribution is -1.94. The van der Waals surface area contributed by atoms with Crippen molar-refractivity contribution < 1.29 is 4.74 Å². The Morgan fingerprint density at radius 2 is 2.05 bits per heavy atom. The topological polar surface area (TPSA) is 57.2 Å². The number of aromatic nitrogens is 5. The average Bonchev–Trinajstić information content (AvgIpc) is 3.25. The Bertz CT molecular complexity index is 938. The lowest BCUT2D eigenvalue weighted by molar-refractivity contribution is 0.418. The van der Waals surface area contributed by atoms with Crippen molar-refractivity contribution in [1.29, 1.82) is 0 Å². The summed E-state index contributed by atoms with van der Waals surface area (Å²) in [5.74, 6) is 0.768. The molecule has 4 aromatic heterocycles. The van der Waals surface area contributed by atoms with Crippen LogP contribution in [0.4, 0.5) is 0 Å². The van der Waals surface area contributed by atoms with Crippen LogP contribution in [0.3, 0.4) is 0 Å². The van der Waals surface area contributed by atoms with Crippen LogP contribution in [0, 0.1) is 0 Å². The Morgan fingerprint density at radius 1 is 1.14 bits per heavy atom. The van der Waals surface area contributed by atoms with E-state index in [0.717, 1.165) is 33.0 Å². The summed E-state index contributed by atoms with van der Waals surface area (Å²) >= 11 is 1.59. The third-order valence-electron chi connectivity index (χ3n) is 3.50. The van der Waals surface area contributed by atoms with Crippen molar-refractivity contribution in [1.82, 2.24) is 24.4 Å². The third-order valence-corrected chi connectivity index (χ3v) is 4.30. The zero-order valence-electron chi connectivity index (χ0n) is 12.1. The molecule has 7 heteroatoms. The van der Waals surface area contributed by atoms with Gasteiger partial charge in [-0.25, -0.2) is 9.50 Å². The minimum Gasteiger partial charge on any atom is -0.494 e. The van der Waals surface area contributed by atoms with E-state index in [0.29, 0.717) is 0 Å². The normalized spacial score (nSPS) is 11.2. The smallest absolute Gasteiger partial charge is 0.145 e. The van der Waals surface area contributed by atoms with Crippen molar-refractivity contribution >= 4 is 16.9 Å². The summed E-state index contributed by atoms with van der Waals surface area (Å²) in [6.07, 6.45) is 9.38. The van der Waals surface area contributed by atoms with Crippen molar-refractivity contribution in [3.05, 3.63) is 42.4 Å². The quantitative estimate of drug-likeness (QED) is 0.584. The molecule has 4 rings (SSSR count). The maximum Gasteiger partial charge on any atom is 0.145 e. The monoisotopic (exact) mass is 311 g/mol. The van der Waals surface area contributed by atoms with Crippen LogP contribution in [0.15, 0.2) is 42.4 Å². The lowest BCUT2D eigenvalue weighted by atomic mass is 10.1. The highest BCUT2D eigenvalue weighted by atomic mass is 32.1. The van der Waals surface area contributed by atoms with Crippen molar-refractivity contribution in [2.24, 2.45) is 7.05 Å². The Morgan fingerprint density at radius 3 is 2.73 bits per heavy atom. The van der Waals surface area contributed by atoms with E-state index in [1.165, 1.54) is 0 Å². The molecule has 110 valence electrons. The Balaban J connectivity index is 1.95. The molecule has 4 aromatic rings. The molecule has 22 heavy (non-hydrogen) atoms. The zero-order chi connectivity index (χ0) is 15.1. The molecule has 4 heterocycles. The van der Waals surface area contributed by atoms with Gasteiger partial charge in [0.05, 0.1) is 25.1 Å². The molecule has 0 aliphatic heterocycles. The van der Waals surface area contributed by atoms with E-state index in [4.69, 9.17) is 4.74 Å². The highest BCUT2D eigenvalue weighted by Crippen LogP contribution is 2.35. The van der Waals surface area contributed by atoms with Crippen molar-refractivity contribution in [3.8, 4) is 27.4 Å². The fraction of sp³-hybridized carbons (Fsp3) is 0.133. The van der Waals surface area contributed by atoms with Crippen LogP contribution in [0.2, 0.25) is 0 Å². The number of nitrogens with zero attached hydrogens (tertiary/aromatic N) is 5. The number of pyridine rings is 1. The van der Waals surface area contributed by atoms with Crippen molar-refractivity contribution in [2.75, 3.05) is 7.11 Å². The first-order chi connectivity index (χ1) is 10.8. The van der Waals surface area contributed by atoms with E-state index in [1.54, 1.807) is 29.3 Å². The summed E-state index contributed by atoms with van der Waals surface area (Å²) < 4.78 is 9.19. The van der Waals surface area contributed by atoms with Gasteiger partial charge in [0, 0.05) is 42.1 Å². The summed E-state index contributed by atoms with van der Waals surface area (Å²) in [4.78, 5) is 4.36. The Hall–Kier alpha value is -2.67. The highest BCUT2D eigenvalue weighted by molar-refractivity contribution is 7.13. The minimum absolute atomic E-state index is 0.768. The number of thiazole rings is 1. The number of rotatable bonds is 3. The minimum atomic E-state index is 0.768. The number of ether oxygens (including phenoxy) is 1. The van der Waals surface area contributed by atoms with Crippen LogP contribution in [-0.2, 0) is 7.05 Å². The van der Waals surface area contributed by atoms with Crippen LogP contribution in [0.25, 0.3) is 27.2 Å². The predicted molar refractivity (Wildman–Crippen MR) is 85.1 cm³/mol. The maximum absolute atomic E-state index is 5.58. The highest BCUT2D eigenvalue weighted by Gasteiger charge is 2.15. The van der Waals surface area contributed by atoms with Gasteiger partial charge in [-0.2, -0.15) is 10.2 Å². The van der Waals surface area contributed by atoms with Crippen LogP contribution in [-0.4, -0.2) is 31.5 Å². The van der Waals surface area contributed by atoms with Gasteiger partial charge in [-0.1, -0.05) is 0 Å². The van der Waals surface area contributed by atoms with E-state index in [1.807, 2.05) is 47.8 Å². The summed E-state index contributed by atoms with van der Waals surface area (Å²) in [5, 5.41) is 11.6. The molecule has 0 N–H and O–H groups in total. The van der Waals surface area contributed by atoms with Crippen molar-refractivity contribution in [3.63, 3.8) is 0 Å². The standard InChI is InChI=1S/C15H13N5OS/c1-19-8-11(6-17-19)10-5-13(21-2)14-12(7-18-20(14)9-10)15-16-3-4-22-15/h3-9H,1-2H3. The van der Waals surface area contributed by atoms with Gasteiger partial charge in [-0.05, 0) is 6.07 Å². The Kier molecular flexibility index (Phi) is 2.93. The van der Waals surface area contributed by atoms with E-state index in [2.05, 4.69) is 15.2 Å². The van der Waals surface area contributed by atoms with E-state index >= 15 is 0 Å². The summed E-state index contributed by atoms with van der Waals surface area (Å²) in [6.45, 7) is 0. The fourth-order valence-corrected chi connectivity index (χ4v) is 3.13. The first-order valence-electron chi connectivity index (χ1n) is 6.70. The molecular weight excluding hydrogens is 298 g/mol. The zero-order valence-corrected chi connectivity index (χ0v) is 12.9. The van der Waals surface area contributed by atoms with Crippen LogP contribution in [0.1, 0.15) is 0 Å². The molecule has 0 aliphatic rings. The average molecular weight is 311 g/mol. The predicted octanol–water partition coefficient (Wildman–Crippen LogP) is 2.87. The van der Waals surface area contributed by atoms with E-state index < -0.39 is 0 Å². The third kappa shape index (κ3) is 1.98. The van der Waals surface area contributed by atoms with Gasteiger partial charge in [-0.15, -0.1) is 11.3 Å². The largest absolute Gasteiger partial charge is 0.494 e. The fourth-order valence-electron chi connectivity index (χ4n) is 2.48. The molecule has 0 bridgehead atoms. The van der Waals surface area contributed by atoms with Gasteiger partial charge in [-0.3, -0.25) is 4.68 Å². The van der Waals surface area contributed by atoms with E-state index in [9.17, 15) is 0 Å². The van der Waals surface area contributed by atoms with Crippen LogP contribution in [0.5, 0.6) is 5.75 Å². The molecule has 0 saturated carbocycles. The molecular formula is C15H13N5OS. The van der Waals surface area contributed by atoms with Crippen molar-refractivity contribution in [2.45, 2.75) is 0 Å². The molecule has 0 fully saturated rings. The van der Waals surface area contributed by atoms with Crippen LogP contribution < -0.4 is 4.74 Å². The molecule has 0 atom stereocenters. The van der Waals surface area contributed by atoms with E-state index in [-0.39, 0.29) is 0 Å². The molecule has 0 unspecified atom stereocenters. The van der Waals surface area contributed by atoms with Gasteiger partial charge in [0.15, 0.2) is 0 Å². The molecule has 0 aromatic carbocycles. The van der Waals surface area contributed by atoms with Gasteiger partial charge in [0.25, 0.3) is 0 Å². The van der Waals surface area contributed by atoms with Gasteiger partial charge >= 0.3 is 0 Å². The number of hydrogen-bond donors (Lipinski definition) is 0. The molecule has 0 spiro atoms. The SMILES string of the molecule is COc1cc(-c2cnn(C)c2)cn2ncc(-c3nccs3)c12. The molecule has 6 nitrogen and oxygen atoms in total. The second-order valence-corrected chi connectivity index (χ2v) is 5.78. The molecule has 0 radical (unpaired) electrons. The lowest BCUT2D eigenvalue weighted by Gasteiger charge is -2.07.